The van der Waals surface area contributed by atoms with E-state index in [1.807, 2.05) is 30.3 Å². The zero-order valence-electron chi connectivity index (χ0n) is 15.2. The van der Waals surface area contributed by atoms with Crippen molar-refractivity contribution in [3.05, 3.63) is 35.9 Å². The molecule has 3 saturated heterocycles. The van der Waals surface area contributed by atoms with E-state index >= 15 is 0 Å². The van der Waals surface area contributed by atoms with Crippen LogP contribution in [0.1, 0.15) is 24.8 Å². The number of carbonyl (C=O) groups is 2. The molecule has 3 fully saturated rings. The van der Waals surface area contributed by atoms with Gasteiger partial charge in [0.2, 0.25) is 11.8 Å². The Morgan fingerprint density at radius 3 is 2.50 bits per heavy atom. The number of piperazine rings is 1. The van der Waals surface area contributed by atoms with Gasteiger partial charge < -0.3 is 4.74 Å². The van der Waals surface area contributed by atoms with Gasteiger partial charge in [-0.05, 0) is 18.4 Å². The predicted molar refractivity (Wildman–Crippen MR) is 97.4 cm³/mol. The molecule has 0 spiro atoms. The third kappa shape index (κ3) is 3.82. The third-order valence-electron chi connectivity index (χ3n) is 5.74. The molecule has 0 N–H and O–H groups in total. The summed E-state index contributed by atoms with van der Waals surface area (Å²) in [5.41, 5.74) is 0.997. The smallest absolute Gasteiger partial charge is 0.247 e. The van der Waals surface area contributed by atoms with Crippen LogP contribution in [-0.2, 0) is 20.9 Å². The molecule has 1 aromatic carbocycles. The minimum absolute atomic E-state index is 0.0357. The van der Waals surface area contributed by atoms with Gasteiger partial charge in [0.05, 0.1) is 25.1 Å². The van der Waals surface area contributed by atoms with Crippen LogP contribution in [0.3, 0.4) is 0 Å². The average molecular weight is 357 g/mol. The van der Waals surface area contributed by atoms with E-state index in [-0.39, 0.29) is 17.9 Å². The molecule has 0 bridgehead atoms. The summed E-state index contributed by atoms with van der Waals surface area (Å²) in [6.07, 6.45) is 3.01. The van der Waals surface area contributed by atoms with E-state index < -0.39 is 0 Å². The number of hydrogen-bond acceptors (Lipinski definition) is 5. The topological polar surface area (TPSA) is 53.1 Å². The summed E-state index contributed by atoms with van der Waals surface area (Å²) < 4.78 is 5.72. The zero-order chi connectivity index (χ0) is 17.9. The highest BCUT2D eigenvalue weighted by molar-refractivity contribution is 6.05. The molecule has 0 aliphatic carbocycles. The highest BCUT2D eigenvalue weighted by Crippen LogP contribution is 2.23. The van der Waals surface area contributed by atoms with Gasteiger partial charge in [-0.3, -0.25) is 24.3 Å². The first-order valence-electron chi connectivity index (χ1n) is 9.67. The second-order valence-corrected chi connectivity index (χ2v) is 7.50. The van der Waals surface area contributed by atoms with Crippen molar-refractivity contribution >= 4 is 11.8 Å². The molecule has 6 heteroatoms. The lowest BCUT2D eigenvalue weighted by atomic mass is 10.1. The maximum Gasteiger partial charge on any atom is 0.247 e. The average Bonchev–Trinajstić information content (AvgIpc) is 3.27. The Balaban J connectivity index is 1.31. The highest BCUT2D eigenvalue weighted by atomic mass is 16.5. The fourth-order valence-electron chi connectivity index (χ4n) is 4.22. The minimum atomic E-state index is -0.281. The molecule has 3 aliphatic heterocycles. The molecule has 3 heterocycles. The number of imide groups is 1. The first-order chi connectivity index (χ1) is 12.7. The summed E-state index contributed by atoms with van der Waals surface area (Å²) in [5.74, 6) is -0.0860. The molecule has 2 amide bonds. The Bertz CT molecular complexity index is 637. The van der Waals surface area contributed by atoms with E-state index in [0.29, 0.717) is 19.1 Å². The van der Waals surface area contributed by atoms with Crippen molar-refractivity contribution in [1.82, 2.24) is 14.7 Å². The number of carbonyl (C=O) groups excluding carboxylic acids is 2. The van der Waals surface area contributed by atoms with Crippen LogP contribution in [0.5, 0.6) is 0 Å². The SMILES string of the molecule is O=C1CC(N2CCN(CC3CCCO3)CC2)C(=O)N1Cc1ccccc1. The quantitative estimate of drug-likeness (QED) is 0.739. The first-order valence-corrected chi connectivity index (χ1v) is 9.67. The third-order valence-corrected chi connectivity index (χ3v) is 5.74. The molecule has 0 radical (unpaired) electrons. The van der Waals surface area contributed by atoms with Gasteiger partial charge in [-0.25, -0.2) is 0 Å². The normalized spacial score (nSPS) is 28.2. The number of ether oxygens (including phenoxy) is 1. The van der Waals surface area contributed by atoms with Gasteiger partial charge in [-0.1, -0.05) is 30.3 Å². The van der Waals surface area contributed by atoms with Crippen LogP contribution in [0.2, 0.25) is 0 Å². The lowest BCUT2D eigenvalue weighted by molar-refractivity contribution is -0.140. The number of nitrogens with zero attached hydrogens (tertiary/aromatic N) is 3. The van der Waals surface area contributed by atoms with Crippen molar-refractivity contribution in [3.8, 4) is 0 Å². The van der Waals surface area contributed by atoms with E-state index in [9.17, 15) is 9.59 Å². The molecule has 26 heavy (non-hydrogen) atoms. The lowest BCUT2D eigenvalue weighted by Gasteiger charge is -2.37. The monoisotopic (exact) mass is 357 g/mol. The molecule has 2 atom stereocenters. The van der Waals surface area contributed by atoms with Crippen molar-refractivity contribution in [2.45, 2.75) is 38.0 Å². The summed E-state index contributed by atoms with van der Waals surface area (Å²) in [5, 5.41) is 0. The van der Waals surface area contributed by atoms with Crippen LogP contribution >= 0.6 is 0 Å². The minimum Gasteiger partial charge on any atom is -0.377 e. The van der Waals surface area contributed by atoms with Crippen molar-refractivity contribution in [1.29, 1.82) is 0 Å². The van der Waals surface area contributed by atoms with Crippen molar-refractivity contribution in [2.24, 2.45) is 0 Å². The van der Waals surface area contributed by atoms with Crippen molar-refractivity contribution < 1.29 is 14.3 Å². The second-order valence-electron chi connectivity index (χ2n) is 7.50. The number of benzene rings is 1. The maximum atomic E-state index is 12.8. The van der Waals surface area contributed by atoms with Gasteiger partial charge in [0.1, 0.15) is 0 Å². The molecule has 0 aromatic heterocycles. The van der Waals surface area contributed by atoms with Gasteiger partial charge in [-0.15, -0.1) is 0 Å². The Morgan fingerprint density at radius 2 is 1.81 bits per heavy atom. The highest BCUT2D eigenvalue weighted by Gasteiger charge is 2.42. The Kier molecular flexibility index (Phi) is 5.33. The van der Waals surface area contributed by atoms with E-state index in [4.69, 9.17) is 4.74 Å². The van der Waals surface area contributed by atoms with E-state index in [0.717, 1.165) is 51.3 Å². The number of hydrogen-bond donors (Lipinski definition) is 0. The fraction of sp³-hybridized carbons (Fsp3) is 0.600. The van der Waals surface area contributed by atoms with E-state index in [1.54, 1.807) is 0 Å². The van der Waals surface area contributed by atoms with Gasteiger partial charge in [0.15, 0.2) is 0 Å². The van der Waals surface area contributed by atoms with Gasteiger partial charge in [0, 0.05) is 39.3 Å². The molecule has 3 aliphatic rings. The molecule has 1 aromatic rings. The molecule has 0 saturated carbocycles. The van der Waals surface area contributed by atoms with Crippen molar-refractivity contribution in [2.75, 3.05) is 39.3 Å². The van der Waals surface area contributed by atoms with Crippen LogP contribution in [0, 0.1) is 0 Å². The van der Waals surface area contributed by atoms with Crippen LogP contribution in [0.15, 0.2) is 30.3 Å². The second kappa shape index (κ2) is 7.86. The Morgan fingerprint density at radius 1 is 1.04 bits per heavy atom. The van der Waals surface area contributed by atoms with Gasteiger partial charge in [-0.2, -0.15) is 0 Å². The molecule has 6 nitrogen and oxygen atoms in total. The Hall–Kier alpha value is -1.76. The summed E-state index contributed by atoms with van der Waals surface area (Å²) in [6, 6.07) is 9.44. The standard InChI is InChI=1S/C20H27N3O3/c24-19-13-18(20(25)23(19)14-16-5-2-1-3-6-16)22-10-8-21(9-11-22)15-17-7-4-12-26-17/h1-3,5-6,17-18H,4,7-15H2. The van der Waals surface area contributed by atoms with Gasteiger partial charge >= 0.3 is 0 Å². The summed E-state index contributed by atoms with van der Waals surface area (Å²) in [4.78, 5) is 31.2. The summed E-state index contributed by atoms with van der Waals surface area (Å²) >= 11 is 0. The molecule has 140 valence electrons. The number of rotatable bonds is 5. The van der Waals surface area contributed by atoms with Crippen LogP contribution in [0.25, 0.3) is 0 Å². The van der Waals surface area contributed by atoms with E-state index in [1.165, 1.54) is 11.3 Å². The molecular formula is C20H27N3O3. The molecule has 2 unspecified atom stereocenters. The zero-order valence-corrected chi connectivity index (χ0v) is 15.2. The first kappa shape index (κ1) is 17.6. The lowest BCUT2D eigenvalue weighted by Crippen LogP contribution is -2.53. The van der Waals surface area contributed by atoms with E-state index in [2.05, 4.69) is 9.80 Å². The summed E-state index contributed by atoms with van der Waals surface area (Å²) in [7, 11) is 0. The predicted octanol–water partition coefficient (Wildman–Crippen LogP) is 1.11. The van der Waals surface area contributed by atoms with Gasteiger partial charge in [0.25, 0.3) is 0 Å². The Labute approximate surface area is 154 Å². The fourth-order valence-corrected chi connectivity index (χ4v) is 4.22. The van der Waals surface area contributed by atoms with Crippen molar-refractivity contribution in [3.63, 3.8) is 0 Å². The van der Waals surface area contributed by atoms with Crippen LogP contribution < -0.4 is 0 Å². The van der Waals surface area contributed by atoms with Crippen LogP contribution in [0.4, 0.5) is 0 Å². The maximum absolute atomic E-state index is 12.8. The largest absolute Gasteiger partial charge is 0.377 e. The molecule has 4 rings (SSSR count). The van der Waals surface area contributed by atoms with Crippen LogP contribution in [-0.4, -0.2) is 78.0 Å². The summed E-state index contributed by atoms with van der Waals surface area (Å²) in [6.45, 7) is 5.83. The number of likely N-dealkylation sites (tertiary alicyclic amines) is 1. The molecular weight excluding hydrogens is 330 g/mol. The number of amides is 2.